The minimum Gasteiger partial charge on any atom is -0.481 e. The summed E-state index contributed by atoms with van der Waals surface area (Å²) in [5, 5.41) is 19.8. The second-order valence-electron chi connectivity index (χ2n) is 5.99. The van der Waals surface area contributed by atoms with Gasteiger partial charge in [-0.1, -0.05) is 0 Å². The van der Waals surface area contributed by atoms with E-state index in [1.165, 1.54) is 17.0 Å². The van der Waals surface area contributed by atoms with Gasteiger partial charge >= 0.3 is 11.9 Å². The third-order valence-corrected chi connectivity index (χ3v) is 4.31. The van der Waals surface area contributed by atoms with E-state index >= 15 is 0 Å². The summed E-state index contributed by atoms with van der Waals surface area (Å²) in [5.74, 6) is -4.22. The van der Waals surface area contributed by atoms with E-state index in [9.17, 15) is 24.5 Å². The van der Waals surface area contributed by atoms with E-state index in [2.05, 4.69) is 0 Å². The van der Waals surface area contributed by atoms with Gasteiger partial charge in [-0.3, -0.25) is 24.5 Å². The second-order valence-corrected chi connectivity index (χ2v) is 5.99. The Balaban J connectivity index is 1.92. The molecule has 1 amide bonds. The molecule has 146 valence electrons. The predicted octanol–water partition coefficient (Wildman–Crippen LogP) is 0.897. The highest BCUT2D eigenvalue weighted by atomic mass is 16.6. The van der Waals surface area contributed by atoms with E-state index in [0.29, 0.717) is 26.2 Å². The number of nitro benzene ring substituents is 1. The number of carbonyl (C=O) groups is 3. The number of aliphatic carboxylic acids is 1. The molecule has 0 aliphatic carbocycles. The first-order valence-electron chi connectivity index (χ1n) is 8.50. The summed E-state index contributed by atoms with van der Waals surface area (Å²) < 4.78 is 4.71. The number of carboxylic acid groups (broad SMARTS) is 1. The highest BCUT2D eigenvalue weighted by Crippen LogP contribution is 2.21. The number of carbonyl (C=O) groups excluding carboxylic acids is 2. The van der Waals surface area contributed by atoms with Gasteiger partial charge in [0.05, 0.1) is 18.0 Å². The van der Waals surface area contributed by atoms with Gasteiger partial charge in [0.1, 0.15) is 0 Å². The molecule has 27 heavy (non-hydrogen) atoms. The monoisotopic (exact) mass is 379 g/mol. The molecule has 1 aromatic carbocycles. The van der Waals surface area contributed by atoms with Crippen molar-refractivity contribution < 1.29 is 29.2 Å². The zero-order valence-electron chi connectivity index (χ0n) is 14.9. The van der Waals surface area contributed by atoms with Crippen LogP contribution in [-0.4, -0.2) is 65.6 Å². The lowest BCUT2D eigenvalue weighted by Crippen LogP contribution is -2.49. The zero-order chi connectivity index (χ0) is 20.0. The number of anilines is 1. The molecule has 0 spiro atoms. The van der Waals surface area contributed by atoms with Gasteiger partial charge in [0.25, 0.3) is 5.69 Å². The molecular weight excluding hydrogens is 358 g/mol. The fraction of sp³-hybridized carbons (Fsp3) is 0.471. The Morgan fingerprint density at radius 2 is 1.78 bits per heavy atom. The van der Waals surface area contributed by atoms with Gasteiger partial charge in [0, 0.05) is 44.0 Å². The number of nitro groups is 1. The van der Waals surface area contributed by atoms with Gasteiger partial charge in [-0.15, -0.1) is 0 Å². The molecule has 10 heteroatoms. The van der Waals surface area contributed by atoms with Crippen LogP contribution in [0.15, 0.2) is 24.3 Å². The molecule has 1 fully saturated rings. The van der Waals surface area contributed by atoms with Crippen LogP contribution < -0.4 is 4.90 Å². The van der Waals surface area contributed by atoms with Gasteiger partial charge in [-0.25, -0.2) is 0 Å². The quantitative estimate of drug-likeness (QED) is 0.320. The summed E-state index contributed by atoms with van der Waals surface area (Å²) in [5.41, 5.74) is 0.814. The lowest BCUT2D eigenvalue weighted by Gasteiger charge is -2.36. The lowest BCUT2D eigenvalue weighted by atomic mass is 10.0. The smallest absolute Gasteiger partial charge is 0.320 e. The van der Waals surface area contributed by atoms with Gasteiger partial charge in [0.15, 0.2) is 5.92 Å². The SMILES string of the molecule is CCOC(=O)C(CC(=O)N1CCN(c2ccc([N+](=O)[O-])cc2)CC1)C(=O)O. The van der Waals surface area contributed by atoms with Crippen LogP contribution >= 0.6 is 0 Å². The van der Waals surface area contributed by atoms with Crippen molar-refractivity contribution >= 4 is 29.2 Å². The van der Waals surface area contributed by atoms with Gasteiger partial charge < -0.3 is 19.6 Å². The number of carboxylic acids is 1. The van der Waals surface area contributed by atoms with Crippen molar-refractivity contribution in [3.05, 3.63) is 34.4 Å². The molecule has 0 radical (unpaired) electrons. The molecule has 1 aliphatic rings. The average Bonchev–Trinajstić information content (AvgIpc) is 2.66. The second kappa shape index (κ2) is 8.97. The van der Waals surface area contributed by atoms with E-state index in [1.54, 1.807) is 19.1 Å². The Hall–Kier alpha value is -3.17. The molecule has 0 aromatic heterocycles. The van der Waals surface area contributed by atoms with Crippen LogP contribution in [0.3, 0.4) is 0 Å². The summed E-state index contributed by atoms with van der Waals surface area (Å²) in [6, 6.07) is 6.14. The number of esters is 1. The molecule has 1 aromatic rings. The molecule has 2 rings (SSSR count). The molecule has 1 saturated heterocycles. The fourth-order valence-electron chi connectivity index (χ4n) is 2.82. The maximum absolute atomic E-state index is 12.3. The van der Waals surface area contributed by atoms with Crippen molar-refractivity contribution in [1.29, 1.82) is 0 Å². The Morgan fingerprint density at radius 1 is 1.19 bits per heavy atom. The summed E-state index contributed by atoms with van der Waals surface area (Å²) in [7, 11) is 0. The highest BCUT2D eigenvalue weighted by molar-refractivity contribution is 5.98. The van der Waals surface area contributed by atoms with E-state index in [4.69, 9.17) is 9.84 Å². The fourth-order valence-corrected chi connectivity index (χ4v) is 2.82. The van der Waals surface area contributed by atoms with Crippen LogP contribution in [0, 0.1) is 16.0 Å². The first-order chi connectivity index (χ1) is 12.8. The first kappa shape index (κ1) is 20.1. The van der Waals surface area contributed by atoms with Crippen molar-refractivity contribution in [1.82, 2.24) is 4.90 Å². The van der Waals surface area contributed by atoms with Gasteiger partial charge in [-0.05, 0) is 19.1 Å². The summed E-state index contributed by atoms with van der Waals surface area (Å²) in [4.78, 5) is 49.0. The third-order valence-electron chi connectivity index (χ3n) is 4.31. The van der Waals surface area contributed by atoms with Crippen molar-refractivity contribution in [2.24, 2.45) is 5.92 Å². The minimum absolute atomic E-state index is 0.00578. The minimum atomic E-state index is -1.51. The van der Waals surface area contributed by atoms with E-state index in [1.807, 2.05) is 4.90 Å². The Kier molecular flexibility index (Phi) is 6.69. The molecule has 1 atom stereocenters. The van der Waals surface area contributed by atoms with Crippen LogP contribution in [0.1, 0.15) is 13.3 Å². The molecular formula is C17H21N3O7. The van der Waals surface area contributed by atoms with Crippen LogP contribution in [0.4, 0.5) is 11.4 Å². The van der Waals surface area contributed by atoms with Crippen LogP contribution in [0.2, 0.25) is 0 Å². The maximum atomic E-state index is 12.3. The topological polar surface area (TPSA) is 130 Å². The number of nitrogens with zero attached hydrogens (tertiary/aromatic N) is 3. The summed E-state index contributed by atoms with van der Waals surface area (Å²) in [6.45, 7) is 3.35. The Labute approximate surface area is 155 Å². The number of non-ortho nitro benzene ring substituents is 1. The van der Waals surface area contributed by atoms with Crippen molar-refractivity contribution in [3.8, 4) is 0 Å². The summed E-state index contributed by atoms with van der Waals surface area (Å²) in [6.07, 6.45) is -0.439. The molecule has 0 bridgehead atoms. The first-order valence-corrected chi connectivity index (χ1v) is 8.50. The molecule has 1 unspecified atom stereocenters. The number of piperazine rings is 1. The third kappa shape index (κ3) is 5.16. The molecule has 1 aliphatic heterocycles. The Bertz CT molecular complexity index is 712. The zero-order valence-corrected chi connectivity index (χ0v) is 14.9. The van der Waals surface area contributed by atoms with Crippen LogP contribution in [-0.2, 0) is 19.1 Å². The van der Waals surface area contributed by atoms with Crippen molar-refractivity contribution in [3.63, 3.8) is 0 Å². The molecule has 10 nitrogen and oxygen atoms in total. The number of benzene rings is 1. The molecule has 1 N–H and O–H groups in total. The number of hydrogen-bond acceptors (Lipinski definition) is 7. The van der Waals surface area contributed by atoms with Gasteiger partial charge in [0.2, 0.25) is 5.91 Å². The average molecular weight is 379 g/mol. The molecule has 0 saturated carbocycles. The van der Waals surface area contributed by atoms with E-state index < -0.39 is 35.1 Å². The lowest BCUT2D eigenvalue weighted by molar-refractivity contribution is -0.384. The largest absolute Gasteiger partial charge is 0.481 e. The number of hydrogen-bond donors (Lipinski definition) is 1. The Morgan fingerprint density at radius 3 is 2.26 bits per heavy atom. The van der Waals surface area contributed by atoms with Crippen molar-refractivity contribution in [2.45, 2.75) is 13.3 Å². The maximum Gasteiger partial charge on any atom is 0.320 e. The van der Waals surface area contributed by atoms with Gasteiger partial charge in [-0.2, -0.15) is 0 Å². The normalized spacial score (nSPS) is 15.1. The highest BCUT2D eigenvalue weighted by Gasteiger charge is 2.33. The van der Waals surface area contributed by atoms with Crippen LogP contribution in [0.5, 0.6) is 0 Å². The van der Waals surface area contributed by atoms with E-state index in [0.717, 1.165) is 5.69 Å². The number of rotatable bonds is 7. The standard InChI is InChI=1S/C17H21N3O7/c1-2-27-17(24)14(16(22)23)11-15(21)19-9-7-18(8-10-19)12-3-5-13(6-4-12)20(25)26/h3-6,14H,2,7-11H2,1H3,(H,22,23). The van der Waals surface area contributed by atoms with Crippen LogP contribution in [0.25, 0.3) is 0 Å². The number of amides is 1. The summed E-state index contributed by atoms with van der Waals surface area (Å²) >= 11 is 0. The van der Waals surface area contributed by atoms with Crippen molar-refractivity contribution in [2.75, 3.05) is 37.7 Å². The molecule has 1 heterocycles. The van der Waals surface area contributed by atoms with E-state index in [-0.39, 0.29) is 12.3 Å². The predicted molar refractivity (Wildman–Crippen MR) is 94.3 cm³/mol. The number of ether oxygens (including phenoxy) is 1.